The molecule has 42 heavy (non-hydrogen) atoms. The zero-order valence-corrected chi connectivity index (χ0v) is 24.8. The van der Waals surface area contributed by atoms with Crippen LogP contribution in [0.3, 0.4) is 0 Å². The average molecular weight is 589 g/mol. The Morgan fingerprint density at radius 3 is 2.33 bits per heavy atom. The van der Waals surface area contributed by atoms with Crippen LogP contribution in [0.2, 0.25) is 0 Å². The lowest BCUT2D eigenvalue weighted by Gasteiger charge is -2.28. The molecule has 0 atom stereocenters. The smallest absolute Gasteiger partial charge is 0.240 e. The van der Waals surface area contributed by atoms with Crippen molar-refractivity contribution in [3.05, 3.63) is 66.7 Å². The second kappa shape index (κ2) is 13.3. The van der Waals surface area contributed by atoms with Crippen LogP contribution in [0.5, 0.6) is 0 Å². The molecule has 0 unspecified atom stereocenters. The first-order chi connectivity index (χ1) is 20.5. The molecule has 4 aromatic rings. The van der Waals surface area contributed by atoms with Gasteiger partial charge in [-0.3, -0.25) is 4.90 Å². The van der Waals surface area contributed by atoms with Crippen LogP contribution in [0.25, 0.3) is 21.7 Å². The topological polar surface area (TPSA) is 108 Å². The minimum Gasteiger partial charge on any atom is -0.379 e. The normalized spacial score (nSPS) is 20.1. The van der Waals surface area contributed by atoms with Crippen molar-refractivity contribution in [3.8, 4) is 0 Å². The zero-order chi connectivity index (χ0) is 28.8. The summed E-state index contributed by atoms with van der Waals surface area (Å²) in [5.41, 5.74) is 0.922. The van der Waals surface area contributed by atoms with Crippen molar-refractivity contribution < 1.29 is 13.2 Å². The Labute approximate surface area is 248 Å². The Hall–Kier alpha value is -3.31. The highest BCUT2D eigenvalue weighted by Gasteiger charge is 2.24. The molecule has 9 nitrogen and oxygen atoms in total. The molecule has 1 aliphatic carbocycles. The standard InChI is InChI=1S/C32H40N6O3S/c39-42(40,28-14-13-26-5-1-2-6-27(26)21-28)35-23-25-11-9-24(10-12-25)22-34-32-36-30-8-4-3-7-29(30)31(37-32)33-15-16-38-17-19-41-20-18-38/h1-8,13-14,21,24-25,35H,9-12,15-20,22-23H2,(H2,33,34,36,37)/t24-,25-. The SMILES string of the molecule is O=S(=O)(NC[C@H]1CC[C@H](CNc2nc(NCCN3CCOCC3)c3ccccc3n2)CC1)c1ccc2ccccc2c1. The summed E-state index contributed by atoms with van der Waals surface area (Å²) < 4.78 is 34.2. The largest absolute Gasteiger partial charge is 0.379 e. The summed E-state index contributed by atoms with van der Waals surface area (Å²) >= 11 is 0. The number of para-hydroxylation sites is 1. The molecule has 10 heteroatoms. The van der Waals surface area contributed by atoms with Crippen LogP contribution in [0, 0.1) is 11.8 Å². The monoisotopic (exact) mass is 588 g/mol. The number of benzene rings is 3. The van der Waals surface area contributed by atoms with E-state index in [1.54, 1.807) is 12.1 Å². The van der Waals surface area contributed by atoms with E-state index in [4.69, 9.17) is 14.7 Å². The molecule has 2 aliphatic rings. The fourth-order valence-electron chi connectivity index (χ4n) is 5.97. The number of aromatic nitrogens is 2. The predicted molar refractivity (Wildman–Crippen MR) is 168 cm³/mol. The van der Waals surface area contributed by atoms with E-state index in [0.717, 1.165) is 99.1 Å². The molecule has 6 rings (SSSR count). The number of hydrogen-bond donors (Lipinski definition) is 3. The second-order valence-corrected chi connectivity index (χ2v) is 13.2. The lowest BCUT2D eigenvalue weighted by atomic mass is 9.82. The minimum absolute atomic E-state index is 0.324. The second-order valence-electron chi connectivity index (χ2n) is 11.4. The summed E-state index contributed by atoms with van der Waals surface area (Å²) in [7, 11) is -3.54. The van der Waals surface area contributed by atoms with Gasteiger partial charge in [0.05, 0.1) is 23.6 Å². The lowest BCUT2D eigenvalue weighted by molar-refractivity contribution is 0.0398. The number of ether oxygens (including phenoxy) is 1. The molecule has 0 bridgehead atoms. The van der Waals surface area contributed by atoms with Crippen molar-refractivity contribution in [2.75, 3.05) is 63.1 Å². The predicted octanol–water partition coefficient (Wildman–Crippen LogP) is 4.72. The van der Waals surface area contributed by atoms with Crippen LogP contribution in [0.1, 0.15) is 25.7 Å². The average Bonchev–Trinajstić information content (AvgIpc) is 3.03. The number of morpholine rings is 1. The highest BCUT2D eigenvalue weighted by Crippen LogP contribution is 2.29. The first-order valence-electron chi connectivity index (χ1n) is 15.1. The minimum atomic E-state index is -3.54. The van der Waals surface area contributed by atoms with Gasteiger partial charge in [0.15, 0.2) is 0 Å². The lowest BCUT2D eigenvalue weighted by Crippen LogP contribution is -2.39. The van der Waals surface area contributed by atoms with E-state index in [-0.39, 0.29) is 0 Å². The van der Waals surface area contributed by atoms with Gasteiger partial charge in [-0.25, -0.2) is 18.1 Å². The molecule has 2 heterocycles. The van der Waals surface area contributed by atoms with Gasteiger partial charge < -0.3 is 15.4 Å². The van der Waals surface area contributed by atoms with E-state index in [1.807, 2.05) is 48.5 Å². The molecular formula is C32H40N6O3S. The molecule has 1 saturated heterocycles. The molecule has 3 aromatic carbocycles. The molecule has 1 aliphatic heterocycles. The Kier molecular flexibility index (Phi) is 9.14. The Bertz CT molecular complexity index is 1600. The summed E-state index contributed by atoms with van der Waals surface area (Å²) in [4.78, 5) is 12.3. The highest BCUT2D eigenvalue weighted by molar-refractivity contribution is 7.89. The fraction of sp³-hybridized carbons (Fsp3) is 0.438. The maximum absolute atomic E-state index is 13.0. The first kappa shape index (κ1) is 28.8. The number of fused-ring (bicyclic) bond motifs is 2. The van der Waals surface area contributed by atoms with Crippen LogP contribution >= 0.6 is 0 Å². The van der Waals surface area contributed by atoms with Crippen molar-refractivity contribution in [2.45, 2.75) is 30.6 Å². The summed E-state index contributed by atoms with van der Waals surface area (Å²) in [6.45, 7) is 6.58. The van der Waals surface area contributed by atoms with E-state index in [0.29, 0.717) is 29.2 Å². The molecule has 3 N–H and O–H groups in total. The van der Waals surface area contributed by atoms with Crippen molar-refractivity contribution in [1.82, 2.24) is 19.6 Å². The number of hydrogen-bond acceptors (Lipinski definition) is 8. The summed E-state index contributed by atoms with van der Waals surface area (Å²) in [6, 6.07) is 21.2. The van der Waals surface area contributed by atoms with E-state index < -0.39 is 10.0 Å². The molecule has 0 radical (unpaired) electrons. The molecule has 222 valence electrons. The fourth-order valence-corrected chi connectivity index (χ4v) is 7.12. The van der Waals surface area contributed by atoms with Gasteiger partial charge in [0.25, 0.3) is 0 Å². The van der Waals surface area contributed by atoms with Crippen molar-refractivity contribution >= 4 is 43.5 Å². The van der Waals surface area contributed by atoms with E-state index in [9.17, 15) is 8.42 Å². The van der Waals surface area contributed by atoms with Gasteiger partial charge in [-0.1, -0.05) is 42.5 Å². The van der Waals surface area contributed by atoms with Crippen molar-refractivity contribution in [2.24, 2.45) is 11.8 Å². The molecular weight excluding hydrogens is 548 g/mol. The third-order valence-corrected chi connectivity index (χ3v) is 9.96. The van der Waals surface area contributed by atoms with E-state index in [1.165, 1.54) is 0 Å². The number of rotatable bonds is 11. The van der Waals surface area contributed by atoms with Gasteiger partial charge in [-0.2, -0.15) is 4.98 Å². The van der Waals surface area contributed by atoms with Crippen LogP contribution in [0.15, 0.2) is 71.6 Å². The summed E-state index contributed by atoms with van der Waals surface area (Å²) in [5.74, 6) is 2.36. The quantitative estimate of drug-likeness (QED) is 0.231. The molecule has 0 amide bonds. The number of sulfonamides is 1. The summed E-state index contributed by atoms with van der Waals surface area (Å²) in [6.07, 6.45) is 4.10. The zero-order valence-electron chi connectivity index (χ0n) is 24.0. The van der Waals surface area contributed by atoms with Crippen LogP contribution in [0.4, 0.5) is 11.8 Å². The molecule has 0 spiro atoms. The molecule has 1 saturated carbocycles. The Morgan fingerprint density at radius 1 is 0.810 bits per heavy atom. The van der Waals surface area contributed by atoms with Gasteiger partial charge in [0.1, 0.15) is 5.82 Å². The van der Waals surface area contributed by atoms with E-state index in [2.05, 4.69) is 26.3 Å². The molecule has 2 fully saturated rings. The Balaban J connectivity index is 0.990. The Morgan fingerprint density at radius 2 is 1.52 bits per heavy atom. The van der Waals surface area contributed by atoms with Gasteiger partial charge in [-0.15, -0.1) is 0 Å². The van der Waals surface area contributed by atoms with Gasteiger partial charge in [0.2, 0.25) is 16.0 Å². The van der Waals surface area contributed by atoms with Crippen LogP contribution in [-0.2, 0) is 14.8 Å². The van der Waals surface area contributed by atoms with Crippen molar-refractivity contribution in [1.29, 1.82) is 0 Å². The van der Waals surface area contributed by atoms with Crippen LogP contribution < -0.4 is 15.4 Å². The van der Waals surface area contributed by atoms with E-state index >= 15 is 0 Å². The summed E-state index contributed by atoms with van der Waals surface area (Å²) in [5, 5.41) is 10.0. The van der Waals surface area contributed by atoms with Gasteiger partial charge >= 0.3 is 0 Å². The maximum Gasteiger partial charge on any atom is 0.240 e. The van der Waals surface area contributed by atoms with Gasteiger partial charge in [0, 0.05) is 44.7 Å². The van der Waals surface area contributed by atoms with Crippen LogP contribution in [-0.4, -0.2) is 75.8 Å². The van der Waals surface area contributed by atoms with Crippen molar-refractivity contribution in [3.63, 3.8) is 0 Å². The maximum atomic E-state index is 13.0. The number of nitrogens with one attached hydrogen (secondary N) is 3. The number of anilines is 2. The third-order valence-electron chi connectivity index (χ3n) is 8.54. The highest BCUT2D eigenvalue weighted by atomic mass is 32.2. The number of nitrogens with zero attached hydrogens (tertiary/aromatic N) is 3. The van der Waals surface area contributed by atoms with Gasteiger partial charge in [-0.05, 0) is 72.6 Å². The molecule has 1 aromatic heterocycles. The first-order valence-corrected chi connectivity index (χ1v) is 16.5. The third kappa shape index (κ3) is 7.18.